The SMILES string of the molecule is CNc1ncccc1S(=O)(=O)NCc1cc(C)on1. The van der Waals surface area contributed by atoms with Crippen molar-refractivity contribution in [2.75, 3.05) is 12.4 Å². The lowest BCUT2D eigenvalue weighted by Crippen LogP contribution is -2.24. The molecule has 8 heteroatoms. The predicted octanol–water partition coefficient (Wildman–Crippen LogP) is 0.898. The Morgan fingerprint density at radius 1 is 1.42 bits per heavy atom. The smallest absolute Gasteiger partial charge is 0.244 e. The summed E-state index contributed by atoms with van der Waals surface area (Å²) < 4.78 is 31.6. The van der Waals surface area contributed by atoms with Gasteiger partial charge in [-0.15, -0.1) is 0 Å². The first-order valence-corrected chi connectivity index (χ1v) is 7.06. The highest BCUT2D eigenvalue weighted by molar-refractivity contribution is 7.89. The molecule has 0 unspecified atom stereocenters. The molecular weight excluding hydrogens is 268 g/mol. The van der Waals surface area contributed by atoms with Crippen molar-refractivity contribution in [1.29, 1.82) is 0 Å². The van der Waals surface area contributed by atoms with Gasteiger partial charge in [0.1, 0.15) is 16.5 Å². The van der Waals surface area contributed by atoms with Crippen LogP contribution < -0.4 is 10.0 Å². The number of aryl methyl sites for hydroxylation is 1. The van der Waals surface area contributed by atoms with Crippen LogP contribution in [0.2, 0.25) is 0 Å². The molecule has 0 saturated carbocycles. The number of hydrogen-bond donors (Lipinski definition) is 2. The molecule has 0 radical (unpaired) electrons. The van der Waals surface area contributed by atoms with E-state index in [1.165, 1.54) is 12.3 Å². The Kier molecular flexibility index (Phi) is 3.82. The molecule has 2 N–H and O–H groups in total. The van der Waals surface area contributed by atoms with Gasteiger partial charge >= 0.3 is 0 Å². The van der Waals surface area contributed by atoms with Crippen LogP contribution in [0.1, 0.15) is 11.5 Å². The molecule has 0 spiro atoms. The number of pyridine rings is 1. The lowest BCUT2D eigenvalue weighted by Gasteiger charge is -2.08. The second kappa shape index (κ2) is 5.37. The lowest BCUT2D eigenvalue weighted by atomic mass is 10.4. The van der Waals surface area contributed by atoms with Crippen molar-refractivity contribution in [3.63, 3.8) is 0 Å². The number of aromatic nitrogens is 2. The standard InChI is InChI=1S/C11H14N4O3S/c1-8-6-9(15-18-8)7-14-19(16,17)10-4-3-5-13-11(10)12-2/h3-6,14H,7H2,1-2H3,(H,12,13). The third-order valence-electron chi connectivity index (χ3n) is 2.42. The molecular formula is C11H14N4O3S. The Hall–Kier alpha value is -1.93. The van der Waals surface area contributed by atoms with E-state index in [0.717, 1.165) is 0 Å². The number of nitrogens with one attached hydrogen (secondary N) is 2. The molecule has 0 amide bonds. The summed E-state index contributed by atoms with van der Waals surface area (Å²) in [4.78, 5) is 4.05. The van der Waals surface area contributed by atoms with Gasteiger partial charge in [-0.1, -0.05) is 5.16 Å². The molecule has 102 valence electrons. The Balaban J connectivity index is 2.18. The monoisotopic (exact) mass is 282 g/mol. The Bertz CT molecular complexity index is 666. The van der Waals surface area contributed by atoms with E-state index in [1.54, 1.807) is 26.1 Å². The number of sulfonamides is 1. The summed E-state index contributed by atoms with van der Waals surface area (Å²) in [6, 6.07) is 4.72. The van der Waals surface area contributed by atoms with Crippen LogP contribution in [-0.2, 0) is 16.6 Å². The van der Waals surface area contributed by atoms with Gasteiger partial charge in [0.25, 0.3) is 0 Å². The van der Waals surface area contributed by atoms with Gasteiger partial charge in [0.2, 0.25) is 10.0 Å². The Morgan fingerprint density at radius 2 is 2.21 bits per heavy atom. The van der Waals surface area contributed by atoms with Crippen molar-refractivity contribution in [3.05, 3.63) is 35.9 Å². The third kappa shape index (κ3) is 3.09. The van der Waals surface area contributed by atoms with E-state index < -0.39 is 10.0 Å². The van der Waals surface area contributed by atoms with Crippen molar-refractivity contribution >= 4 is 15.8 Å². The summed E-state index contributed by atoms with van der Waals surface area (Å²) in [7, 11) is -2.04. The molecule has 0 aliphatic carbocycles. The van der Waals surface area contributed by atoms with Crippen molar-refractivity contribution in [3.8, 4) is 0 Å². The molecule has 2 rings (SSSR count). The van der Waals surface area contributed by atoms with Gasteiger partial charge < -0.3 is 9.84 Å². The molecule has 0 atom stereocenters. The minimum Gasteiger partial charge on any atom is -0.372 e. The largest absolute Gasteiger partial charge is 0.372 e. The third-order valence-corrected chi connectivity index (χ3v) is 3.85. The van der Waals surface area contributed by atoms with Gasteiger partial charge in [-0.2, -0.15) is 0 Å². The number of nitrogens with zero attached hydrogens (tertiary/aromatic N) is 2. The van der Waals surface area contributed by atoms with Crippen LogP contribution in [0.15, 0.2) is 33.8 Å². The second-order valence-corrected chi connectivity index (χ2v) is 5.59. The van der Waals surface area contributed by atoms with Crippen LogP contribution in [0.25, 0.3) is 0 Å². The highest BCUT2D eigenvalue weighted by atomic mass is 32.2. The minimum atomic E-state index is -3.65. The van der Waals surface area contributed by atoms with Crippen molar-refractivity contribution in [2.45, 2.75) is 18.4 Å². The first-order valence-electron chi connectivity index (χ1n) is 5.57. The zero-order valence-electron chi connectivity index (χ0n) is 10.5. The fourth-order valence-electron chi connectivity index (χ4n) is 1.54. The normalized spacial score (nSPS) is 11.5. The van der Waals surface area contributed by atoms with Crippen molar-refractivity contribution < 1.29 is 12.9 Å². The maximum atomic E-state index is 12.1. The zero-order chi connectivity index (χ0) is 13.9. The zero-order valence-corrected chi connectivity index (χ0v) is 11.4. The van der Waals surface area contributed by atoms with Gasteiger partial charge in [0.05, 0.1) is 12.2 Å². The Morgan fingerprint density at radius 3 is 2.84 bits per heavy atom. The summed E-state index contributed by atoms with van der Waals surface area (Å²) in [5.41, 5.74) is 0.524. The van der Waals surface area contributed by atoms with E-state index in [1.807, 2.05) is 0 Å². The molecule has 0 fully saturated rings. The first-order chi connectivity index (χ1) is 9.03. The minimum absolute atomic E-state index is 0.0672. The molecule has 0 saturated heterocycles. The summed E-state index contributed by atoms with van der Waals surface area (Å²) in [5.74, 6) is 0.929. The van der Waals surface area contributed by atoms with Gasteiger partial charge in [-0.25, -0.2) is 18.1 Å². The number of anilines is 1. The van der Waals surface area contributed by atoms with Gasteiger partial charge in [0.15, 0.2) is 0 Å². The summed E-state index contributed by atoms with van der Waals surface area (Å²) in [6.45, 7) is 1.81. The van der Waals surface area contributed by atoms with Crippen LogP contribution in [0, 0.1) is 6.92 Å². The van der Waals surface area contributed by atoms with Crippen LogP contribution >= 0.6 is 0 Å². The van der Waals surface area contributed by atoms with E-state index in [4.69, 9.17) is 4.52 Å². The molecule has 0 bridgehead atoms. The lowest BCUT2D eigenvalue weighted by molar-refractivity contribution is 0.390. The maximum Gasteiger partial charge on any atom is 0.244 e. The van der Waals surface area contributed by atoms with E-state index in [9.17, 15) is 8.42 Å². The van der Waals surface area contributed by atoms with E-state index in [0.29, 0.717) is 17.3 Å². The summed E-state index contributed by atoms with van der Waals surface area (Å²) in [5, 5.41) is 6.46. The topological polar surface area (TPSA) is 97.1 Å². The molecule has 0 aliphatic rings. The van der Waals surface area contributed by atoms with Crippen LogP contribution in [0.3, 0.4) is 0 Å². The van der Waals surface area contributed by atoms with E-state index in [-0.39, 0.29) is 11.4 Å². The van der Waals surface area contributed by atoms with Crippen LogP contribution in [0.5, 0.6) is 0 Å². The van der Waals surface area contributed by atoms with Crippen molar-refractivity contribution in [2.24, 2.45) is 0 Å². The molecule has 2 heterocycles. The average Bonchev–Trinajstić information content (AvgIpc) is 2.82. The summed E-state index contributed by atoms with van der Waals surface area (Å²) >= 11 is 0. The molecule has 19 heavy (non-hydrogen) atoms. The van der Waals surface area contributed by atoms with E-state index in [2.05, 4.69) is 20.2 Å². The highest BCUT2D eigenvalue weighted by Gasteiger charge is 2.18. The Labute approximate surface area is 111 Å². The van der Waals surface area contributed by atoms with Crippen LogP contribution in [-0.4, -0.2) is 25.6 Å². The maximum absolute atomic E-state index is 12.1. The van der Waals surface area contributed by atoms with Crippen LogP contribution in [0.4, 0.5) is 5.82 Å². The fraction of sp³-hybridized carbons (Fsp3) is 0.273. The average molecular weight is 282 g/mol. The summed E-state index contributed by atoms with van der Waals surface area (Å²) in [6.07, 6.45) is 1.52. The predicted molar refractivity (Wildman–Crippen MR) is 69.0 cm³/mol. The molecule has 0 aliphatic heterocycles. The first kappa shape index (κ1) is 13.5. The van der Waals surface area contributed by atoms with Gasteiger partial charge in [-0.05, 0) is 19.1 Å². The number of hydrogen-bond acceptors (Lipinski definition) is 6. The molecule has 0 aromatic carbocycles. The van der Waals surface area contributed by atoms with Gasteiger partial charge in [0, 0.05) is 19.3 Å². The fourth-order valence-corrected chi connectivity index (χ4v) is 2.70. The quantitative estimate of drug-likeness (QED) is 0.845. The number of rotatable bonds is 5. The molecule has 2 aromatic heterocycles. The highest BCUT2D eigenvalue weighted by Crippen LogP contribution is 2.17. The van der Waals surface area contributed by atoms with Gasteiger partial charge in [-0.3, -0.25) is 0 Å². The van der Waals surface area contributed by atoms with E-state index >= 15 is 0 Å². The molecule has 7 nitrogen and oxygen atoms in total. The van der Waals surface area contributed by atoms with Crippen molar-refractivity contribution in [1.82, 2.24) is 14.9 Å². The molecule has 2 aromatic rings. The second-order valence-electron chi connectivity index (χ2n) is 3.85.